The van der Waals surface area contributed by atoms with Crippen LogP contribution in [-0.2, 0) is 16.6 Å². The minimum absolute atomic E-state index is 0.0900. The van der Waals surface area contributed by atoms with Crippen LogP contribution in [0.5, 0.6) is 5.75 Å². The van der Waals surface area contributed by atoms with Gasteiger partial charge >= 0.3 is 0 Å². The summed E-state index contributed by atoms with van der Waals surface area (Å²) in [6.45, 7) is 4.23. The van der Waals surface area contributed by atoms with Gasteiger partial charge in [0.25, 0.3) is 0 Å². The van der Waals surface area contributed by atoms with Gasteiger partial charge in [0, 0.05) is 12.8 Å². The molecule has 0 spiro atoms. The third-order valence-corrected chi connectivity index (χ3v) is 5.10. The molecule has 2 nitrogen and oxygen atoms in total. The molecule has 18 heavy (non-hydrogen) atoms. The predicted molar refractivity (Wildman–Crippen MR) is 70.9 cm³/mol. The number of rotatable bonds is 0. The van der Waals surface area contributed by atoms with Gasteiger partial charge in [0.15, 0.2) is 0 Å². The van der Waals surface area contributed by atoms with Gasteiger partial charge in [-0.3, -0.25) is 4.79 Å². The Hall–Kier alpha value is -1.31. The molecule has 0 saturated heterocycles. The Morgan fingerprint density at radius 2 is 2.11 bits per heavy atom. The van der Waals surface area contributed by atoms with Gasteiger partial charge in [-0.1, -0.05) is 13.0 Å². The van der Waals surface area contributed by atoms with E-state index in [0.29, 0.717) is 23.9 Å². The van der Waals surface area contributed by atoms with Crippen LogP contribution in [0.15, 0.2) is 12.1 Å². The highest BCUT2D eigenvalue weighted by molar-refractivity contribution is 5.80. The van der Waals surface area contributed by atoms with Crippen molar-refractivity contribution in [1.82, 2.24) is 0 Å². The van der Waals surface area contributed by atoms with Gasteiger partial charge in [-0.05, 0) is 60.3 Å². The van der Waals surface area contributed by atoms with Gasteiger partial charge in [-0.2, -0.15) is 0 Å². The maximum Gasteiger partial charge on any atom is 0.133 e. The lowest BCUT2D eigenvalue weighted by atomic mass is 9.58. The van der Waals surface area contributed by atoms with E-state index in [1.807, 2.05) is 13.0 Å². The van der Waals surface area contributed by atoms with Crippen molar-refractivity contribution in [2.75, 3.05) is 0 Å². The molecule has 2 aliphatic rings. The lowest BCUT2D eigenvalue weighted by Crippen LogP contribution is -2.41. The number of aryl methyl sites for hydroxylation is 2. The molecule has 0 amide bonds. The topological polar surface area (TPSA) is 37.3 Å². The molecule has 2 atom stereocenters. The zero-order valence-corrected chi connectivity index (χ0v) is 11.1. The average molecular weight is 244 g/mol. The zero-order chi connectivity index (χ0) is 12.9. The van der Waals surface area contributed by atoms with Gasteiger partial charge in [0.2, 0.25) is 0 Å². The number of Topliss-reactive ketones (excluding diaryl/α,β-unsaturated/α-hetero) is 1. The molecule has 96 valence electrons. The molecular formula is C16H20O2. The Balaban J connectivity index is 2.10. The minimum atomic E-state index is 0.0900. The molecule has 3 rings (SSSR count). The quantitative estimate of drug-likeness (QED) is 0.760. The summed E-state index contributed by atoms with van der Waals surface area (Å²) in [5.41, 5.74) is 3.71. The van der Waals surface area contributed by atoms with Crippen molar-refractivity contribution in [3.05, 3.63) is 28.8 Å². The van der Waals surface area contributed by atoms with Crippen LogP contribution in [0.4, 0.5) is 0 Å². The standard InChI is InChI=1S/C16H20O2/c1-10-7-11-3-4-12-8-13(17)5-6-16(12,2)14(11)9-15(10)18/h7,9,12,18H,3-6,8H2,1-2H3. The van der Waals surface area contributed by atoms with Crippen molar-refractivity contribution >= 4 is 5.78 Å². The highest BCUT2D eigenvalue weighted by atomic mass is 16.3. The monoisotopic (exact) mass is 244 g/mol. The van der Waals surface area contributed by atoms with E-state index < -0.39 is 0 Å². The molecule has 0 radical (unpaired) electrons. The van der Waals surface area contributed by atoms with Crippen LogP contribution in [0, 0.1) is 12.8 Å². The highest BCUT2D eigenvalue weighted by Gasteiger charge is 2.44. The fourth-order valence-electron chi connectivity index (χ4n) is 3.81. The van der Waals surface area contributed by atoms with E-state index in [-0.39, 0.29) is 5.41 Å². The van der Waals surface area contributed by atoms with Crippen LogP contribution in [0.25, 0.3) is 0 Å². The summed E-state index contributed by atoms with van der Waals surface area (Å²) in [5.74, 6) is 1.28. The third kappa shape index (κ3) is 1.58. The molecule has 2 unspecified atom stereocenters. The molecule has 1 N–H and O–H groups in total. The molecule has 1 fully saturated rings. The lowest BCUT2D eigenvalue weighted by Gasteiger charge is -2.46. The van der Waals surface area contributed by atoms with E-state index in [4.69, 9.17) is 0 Å². The third-order valence-electron chi connectivity index (χ3n) is 5.10. The molecule has 1 saturated carbocycles. The Kier molecular flexibility index (Phi) is 2.51. The number of hydrogen-bond acceptors (Lipinski definition) is 2. The number of carbonyl (C=O) groups excluding carboxylic acids is 1. The van der Waals surface area contributed by atoms with Crippen LogP contribution in [0.3, 0.4) is 0 Å². The maximum atomic E-state index is 11.6. The van der Waals surface area contributed by atoms with E-state index in [1.54, 1.807) is 0 Å². The van der Waals surface area contributed by atoms with Crippen molar-refractivity contribution in [2.24, 2.45) is 5.92 Å². The van der Waals surface area contributed by atoms with Crippen molar-refractivity contribution < 1.29 is 9.90 Å². The molecule has 0 aromatic heterocycles. The van der Waals surface area contributed by atoms with E-state index in [1.165, 1.54) is 11.1 Å². The van der Waals surface area contributed by atoms with Crippen LogP contribution in [-0.4, -0.2) is 10.9 Å². The van der Waals surface area contributed by atoms with E-state index >= 15 is 0 Å². The number of phenols is 1. The Morgan fingerprint density at radius 3 is 2.89 bits per heavy atom. The van der Waals surface area contributed by atoms with Crippen LogP contribution >= 0.6 is 0 Å². The normalized spacial score (nSPS) is 30.8. The fourth-order valence-corrected chi connectivity index (χ4v) is 3.81. The molecule has 0 bridgehead atoms. The maximum absolute atomic E-state index is 11.6. The second-order valence-corrected chi connectivity index (χ2v) is 6.19. The summed E-state index contributed by atoms with van der Waals surface area (Å²) in [5, 5.41) is 9.97. The first kappa shape index (κ1) is 11.8. The first-order chi connectivity index (χ1) is 8.50. The summed E-state index contributed by atoms with van der Waals surface area (Å²) in [7, 11) is 0. The number of carbonyl (C=O) groups is 1. The van der Waals surface area contributed by atoms with E-state index in [0.717, 1.165) is 31.2 Å². The molecule has 1 aromatic rings. The van der Waals surface area contributed by atoms with Gasteiger partial charge in [-0.15, -0.1) is 0 Å². The van der Waals surface area contributed by atoms with Crippen molar-refractivity contribution in [3.63, 3.8) is 0 Å². The number of hydrogen-bond donors (Lipinski definition) is 1. The largest absolute Gasteiger partial charge is 0.508 e. The van der Waals surface area contributed by atoms with Crippen molar-refractivity contribution in [3.8, 4) is 5.75 Å². The SMILES string of the molecule is Cc1cc2c(cc1O)C1(C)CCC(=O)CC1CC2. The van der Waals surface area contributed by atoms with Gasteiger partial charge in [0.05, 0.1) is 0 Å². The number of fused-ring (bicyclic) bond motifs is 3. The second kappa shape index (κ2) is 3.84. The molecule has 0 aliphatic heterocycles. The van der Waals surface area contributed by atoms with Crippen LogP contribution < -0.4 is 0 Å². The minimum Gasteiger partial charge on any atom is -0.508 e. The lowest BCUT2D eigenvalue weighted by molar-refractivity contribution is -0.123. The van der Waals surface area contributed by atoms with Gasteiger partial charge in [0.1, 0.15) is 11.5 Å². The summed E-state index contributed by atoms with van der Waals surface area (Å²) in [4.78, 5) is 11.6. The Labute approximate surface area is 108 Å². The average Bonchev–Trinajstić information content (AvgIpc) is 2.33. The number of ketones is 1. The van der Waals surface area contributed by atoms with E-state index in [2.05, 4.69) is 13.0 Å². The Morgan fingerprint density at radius 1 is 1.33 bits per heavy atom. The van der Waals surface area contributed by atoms with Crippen LogP contribution in [0.1, 0.15) is 49.3 Å². The summed E-state index contributed by atoms with van der Waals surface area (Å²) in [6, 6.07) is 4.08. The summed E-state index contributed by atoms with van der Waals surface area (Å²) in [6.07, 6.45) is 4.51. The molecule has 2 heteroatoms. The highest BCUT2D eigenvalue weighted by Crippen LogP contribution is 2.50. The fraction of sp³-hybridized carbons (Fsp3) is 0.562. The van der Waals surface area contributed by atoms with Crippen molar-refractivity contribution in [1.29, 1.82) is 0 Å². The molecule has 1 aromatic carbocycles. The van der Waals surface area contributed by atoms with Gasteiger partial charge in [-0.25, -0.2) is 0 Å². The van der Waals surface area contributed by atoms with Crippen molar-refractivity contribution in [2.45, 2.75) is 51.4 Å². The first-order valence-corrected chi connectivity index (χ1v) is 6.85. The zero-order valence-electron chi connectivity index (χ0n) is 11.1. The number of aromatic hydroxyl groups is 1. The van der Waals surface area contributed by atoms with Crippen LogP contribution in [0.2, 0.25) is 0 Å². The summed E-state index contributed by atoms with van der Waals surface area (Å²) < 4.78 is 0. The summed E-state index contributed by atoms with van der Waals surface area (Å²) >= 11 is 0. The first-order valence-electron chi connectivity index (χ1n) is 6.85. The molecular weight excluding hydrogens is 224 g/mol. The molecule has 0 heterocycles. The predicted octanol–water partition coefficient (Wildman–Crippen LogP) is 3.27. The van der Waals surface area contributed by atoms with E-state index in [9.17, 15) is 9.90 Å². The number of benzene rings is 1. The number of phenolic OH excluding ortho intramolecular Hbond substituents is 1. The second-order valence-electron chi connectivity index (χ2n) is 6.19. The van der Waals surface area contributed by atoms with Gasteiger partial charge < -0.3 is 5.11 Å². The smallest absolute Gasteiger partial charge is 0.133 e. The molecule has 2 aliphatic carbocycles. The Bertz CT molecular complexity index is 518.